The van der Waals surface area contributed by atoms with Crippen molar-refractivity contribution in [2.24, 2.45) is 0 Å². The third-order valence-electron chi connectivity index (χ3n) is 3.52. The Kier molecular flexibility index (Phi) is 3.93. The van der Waals surface area contributed by atoms with Crippen LogP contribution in [-0.2, 0) is 4.74 Å². The van der Waals surface area contributed by atoms with Crippen LogP contribution in [0.15, 0.2) is 18.2 Å². The molecule has 1 saturated heterocycles. The van der Waals surface area contributed by atoms with Gasteiger partial charge in [-0.05, 0) is 44.0 Å². The first kappa shape index (κ1) is 13.4. The van der Waals surface area contributed by atoms with E-state index >= 15 is 0 Å². The minimum absolute atomic E-state index is 0.0589. The summed E-state index contributed by atoms with van der Waals surface area (Å²) in [5.74, 6) is 0. The summed E-state index contributed by atoms with van der Waals surface area (Å²) >= 11 is 0. The van der Waals surface area contributed by atoms with Crippen LogP contribution in [0.5, 0.6) is 0 Å². The summed E-state index contributed by atoms with van der Waals surface area (Å²) in [6, 6.07) is 6.65. The zero-order chi connectivity index (χ0) is 13.2. The maximum absolute atomic E-state index is 5.91. The maximum Gasteiger partial charge on any atom is 0.0902 e. The first-order valence-electron chi connectivity index (χ1n) is 6.63. The van der Waals surface area contributed by atoms with Gasteiger partial charge in [-0.1, -0.05) is 6.07 Å². The van der Waals surface area contributed by atoms with Crippen molar-refractivity contribution >= 4 is 5.69 Å². The first-order valence-corrected chi connectivity index (χ1v) is 6.63. The Labute approximate surface area is 110 Å². The number of aryl methyl sites for hydroxylation is 2. The van der Waals surface area contributed by atoms with Crippen molar-refractivity contribution in [1.82, 2.24) is 5.32 Å². The second-order valence-corrected chi connectivity index (χ2v) is 5.67. The summed E-state index contributed by atoms with van der Waals surface area (Å²) in [7, 11) is 2.12. The molecule has 18 heavy (non-hydrogen) atoms. The predicted octanol–water partition coefficient (Wildman–Crippen LogP) is 2.12. The fraction of sp³-hybridized carbons (Fsp3) is 0.600. The topological polar surface area (TPSA) is 24.5 Å². The lowest BCUT2D eigenvalue weighted by molar-refractivity contribution is -0.0631. The molecule has 1 aliphatic rings. The van der Waals surface area contributed by atoms with Gasteiger partial charge in [-0.15, -0.1) is 0 Å². The van der Waals surface area contributed by atoms with E-state index in [1.165, 1.54) is 16.8 Å². The fourth-order valence-corrected chi connectivity index (χ4v) is 2.31. The molecule has 0 saturated carbocycles. The minimum atomic E-state index is 0.0589. The molecule has 0 spiro atoms. The summed E-state index contributed by atoms with van der Waals surface area (Å²) in [5.41, 5.74) is 3.96. The number of likely N-dealkylation sites (N-methyl/N-ethyl adjacent to an activating group) is 1. The molecule has 1 aliphatic heterocycles. The Bertz CT molecular complexity index is 393. The van der Waals surface area contributed by atoms with E-state index in [2.05, 4.69) is 56.2 Å². The smallest absolute Gasteiger partial charge is 0.0902 e. The zero-order valence-electron chi connectivity index (χ0n) is 11.9. The average molecular weight is 248 g/mol. The van der Waals surface area contributed by atoms with Gasteiger partial charge in [-0.3, -0.25) is 0 Å². The van der Waals surface area contributed by atoms with Crippen molar-refractivity contribution in [3.8, 4) is 0 Å². The number of hydrogen-bond donors (Lipinski definition) is 1. The van der Waals surface area contributed by atoms with Crippen molar-refractivity contribution in [3.63, 3.8) is 0 Å². The molecule has 0 aromatic heterocycles. The van der Waals surface area contributed by atoms with Gasteiger partial charge in [0.1, 0.15) is 0 Å². The van der Waals surface area contributed by atoms with Crippen LogP contribution < -0.4 is 10.2 Å². The van der Waals surface area contributed by atoms with Crippen molar-refractivity contribution in [2.75, 3.05) is 38.2 Å². The largest absolute Gasteiger partial charge is 0.372 e. The fourth-order valence-electron chi connectivity index (χ4n) is 2.31. The SMILES string of the molecule is Cc1cc(C)cc(N(C)CCOC2(C)CNC2)c1. The molecule has 0 aliphatic carbocycles. The Hall–Kier alpha value is -1.06. The standard InChI is InChI=1S/C15H24N2O/c1-12-7-13(2)9-14(8-12)17(4)5-6-18-15(3)10-16-11-15/h7-9,16H,5-6,10-11H2,1-4H3. The number of rotatable bonds is 5. The number of benzene rings is 1. The molecule has 0 bridgehead atoms. The van der Waals surface area contributed by atoms with Crippen LogP contribution in [0.25, 0.3) is 0 Å². The van der Waals surface area contributed by atoms with Crippen LogP contribution in [0.3, 0.4) is 0 Å². The normalized spacial score (nSPS) is 17.3. The van der Waals surface area contributed by atoms with E-state index < -0.39 is 0 Å². The van der Waals surface area contributed by atoms with Crippen molar-refractivity contribution < 1.29 is 4.74 Å². The van der Waals surface area contributed by atoms with Crippen LogP contribution in [0.1, 0.15) is 18.1 Å². The Morgan fingerprint density at radius 3 is 2.33 bits per heavy atom. The van der Waals surface area contributed by atoms with Gasteiger partial charge in [0, 0.05) is 32.4 Å². The van der Waals surface area contributed by atoms with Crippen molar-refractivity contribution in [2.45, 2.75) is 26.4 Å². The number of hydrogen-bond acceptors (Lipinski definition) is 3. The molecular formula is C15H24N2O. The lowest BCUT2D eigenvalue weighted by atomic mass is 10.0. The summed E-state index contributed by atoms with van der Waals surface area (Å²) in [6.45, 7) is 10.1. The van der Waals surface area contributed by atoms with E-state index in [4.69, 9.17) is 4.74 Å². The molecule has 1 N–H and O–H groups in total. The molecule has 0 unspecified atom stereocenters. The van der Waals surface area contributed by atoms with Crippen LogP contribution in [-0.4, -0.2) is 38.9 Å². The monoisotopic (exact) mass is 248 g/mol. The highest BCUT2D eigenvalue weighted by Crippen LogP contribution is 2.18. The van der Waals surface area contributed by atoms with Gasteiger partial charge >= 0.3 is 0 Å². The number of anilines is 1. The summed E-state index contributed by atoms with van der Waals surface area (Å²) < 4.78 is 5.91. The molecule has 1 fully saturated rings. The first-order chi connectivity index (χ1) is 8.48. The van der Waals surface area contributed by atoms with Gasteiger partial charge in [-0.2, -0.15) is 0 Å². The van der Waals surface area contributed by atoms with Gasteiger partial charge in [0.05, 0.1) is 12.2 Å². The molecule has 1 aromatic rings. The molecule has 3 heteroatoms. The zero-order valence-corrected chi connectivity index (χ0v) is 11.9. The predicted molar refractivity (Wildman–Crippen MR) is 76.4 cm³/mol. The summed E-state index contributed by atoms with van der Waals surface area (Å²) in [4.78, 5) is 2.26. The van der Waals surface area contributed by atoms with E-state index in [1.807, 2.05) is 0 Å². The maximum atomic E-state index is 5.91. The molecule has 2 rings (SSSR count). The number of nitrogens with zero attached hydrogens (tertiary/aromatic N) is 1. The summed E-state index contributed by atoms with van der Waals surface area (Å²) in [5, 5.41) is 3.25. The third kappa shape index (κ3) is 3.24. The van der Waals surface area contributed by atoms with Gasteiger partial charge < -0.3 is 15.0 Å². The molecule has 3 nitrogen and oxygen atoms in total. The lowest BCUT2D eigenvalue weighted by Crippen LogP contribution is -2.59. The number of ether oxygens (including phenoxy) is 1. The highest BCUT2D eigenvalue weighted by molar-refractivity contribution is 5.50. The van der Waals surface area contributed by atoms with Gasteiger partial charge in [0.15, 0.2) is 0 Å². The third-order valence-corrected chi connectivity index (χ3v) is 3.52. The molecule has 1 aromatic carbocycles. The highest BCUT2D eigenvalue weighted by Gasteiger charge is 2.32. The summed E-state index contributed by atoms with van der Waals surface area (Å²) in [6.07, 6.45) is 0. The van der Waals surface area contributed by atoms with Gasteiger partial charge in [0.2, 0.25) is 0 Å². The highest BCUT2D eigenvalue weighted by atomic mass is 16.5. The second-order valence-electron chi connectivity index (χ2n) is 5.67. The Balaban J connectivity index is 1.85. The number of nitrogens with one attached hydrogen (secondary N) is 1. The molecular weight excluding hydrogens is 224 g/mol. The van der Waals surface area contributed by atoms with Gasteiger partial charge in [-0.25, -0.2) is 0 Å². The Morgan fingerprint density at radius 1 is 1.22 bits per heavy atom. The van der Waals surface area contributed by atoms with Gasteiger partial charge in [0.25, 0.3) is 0 Å². The average Bonchev–Trinajstić information content (AvgIpc) is 2.25. The Morgan fingerprint density at radius 2 is 1.83 bits per heavy atom. The van der Waals surface area contributed by atoms with E-state index in [9.17, 15) is 0 Å². The van der Waals surface area contributed by atoms with Crippen molar-refractivity contribution in [1.29, 1.82) is 0 Å². The van der Waals surface area contributed by atoms with E-state index in [-0.39, 0.29) is 5.60 Å². The molecule has 0 radical (unpaired) electrons. The molecule has 1 heterocycles. The van der Waals surface area contributed by atoms with Crippen LogP contribution in [0.4, 0.5) is 5.69 Å². The van der Waals surface area contributed by atoms with E-state index in [0.29, 0.717) is 0 Å². The minimum Gasteiger partial charge on any atom is -0.372 e. The lowest BCUT2D eigenvalue weighted by Gasteiger charge is -2.39. The van der Waals surface area contributed by atoms with Crippen molar-refractivity contribution in [3.05, 3.63) is 29.3 Å². The second kappa shape index (κ2) is 5.29. The van der Waals surface area contributed by atoms with Crippen LogP contribution >= 0.6 is 0 Å². The molecule has 100 valence electrons. The quantitative estimate of drug-likeness (QED) is 0.864. The van der Waals surface area contributed by atoms with Crippen LogP contribution in [0, 0.1) is 13.8 Å². The molecule has 0 atom stereocenters. The van der Waals surface area contributed by atoms with E-state index in [0.717, 1.165) is 26.2 Å². The molecule has 0 amide bonds. The van der Waals surface area contributed by atoms with Crippen LogP contribution in [0.2, 0.25) is 0 Å². The van der Waals surface area contributed by atoms with E-state index in [1.54, 1.807) is 0 Å².